The third-order valence-electron chi connectivity index (χ3n) is 4.20. The van der Waals surface area contributed by atoms with Crippen LogP contribution in [0.3, 0.4) is 0 Å². The molecular formula is C22H14Cl2N2O2S. The van der Waals surface area contributed by atoms with Crippen molar-refractivity contribution < 1.29 is 9.59 Å². The van der Waals surface area contributed by atoms with Crippen molar-refractivity contribution in [2.75, 3.05) is 4.90 Å². The number of anilines is 1. The largest absolute Gasteiger partial charge is 0.333 e. The summed E-state index contributed by atoms with van der Waals surface area (Å²) in [6, 6.07) is 21.4. The van der Waals surface area contributed by atoms with Crippen molar-refractivity contribution in [1.29, 1.82) is 0 Å². The summed E-state index contributed by atoms with van der Waals surface area (Å²) in [5, 5.41) is 3.86. The first-order valence-electron chi connectivity index (χ1n) is 8.66. The zero-order valence-electron chi connectivity index (χ0n) is 14.9. The van der Waals surface area contributed by atoms with Gasteiger partial charge in [-0.2, -0.15) is 0 Å². The van der Waals surface area contributed by atoms with Gasteiger partial charge in [0, 0.05) is 19.8 Å². The van der Waals surface area contributed by atoms with E-state index in [1.54, 1.807) is 42.1 Å². The van der Waals surface area contributed by atoms with Crippen molar-refractivity contribution in [3.8, 4) is 0 Å². The number of imide groups is 1. The molecule has 0 spiro atoms. The Morgan fingerprint density at radius 1 is 0.759 bits per heavy atom. The molecule has 0 unspecified atom stereocenters. The monoisotopic (exact) mass is 440 g/mol. The molecule has 7 heteroatoms. The summed E-state index contributed by atoms with van der Waals surface area (Å²) in [6.07, 6.45) is 1.66. The number of halogens is 2. The number of hydrogen-bond donors (Lipinski definition) is 1. The predicted molar refractivity (Wildman–Crippen MR) is 117 cm³/mol. The van der Waals surface area contributed by atoms with Crippen LogP contribution < -0.4 is 10.2 Å². The minimum Gasteiger partial charge on any atom is -0.302 e. The number of hydrogen-bond acceptors (Lipinski definition) is 3. The average molecular weight is 441 g/mol. The third kappa shape index (κ3) is 4.48. The lowest BCUT2D eigenvalue weighted by Crippen LogP contribution is -2.30. The fourth-order valence-corrected chi connectivity index (χ4v) is 3.87. The van der Waals surface area contributed by atoms with Gasteiger partial charge in [-0.15, -0.1) is 0 Å². The molecule has 1 aliphatic heterocycles. The van der Waals surface area contributed by atoms with Gasteiger partial charge in [-0.25, -0.2) is 9.69 Å². The van der Waals surface area contributed by atoms with E-state index in [0.29, 0.717) is 15.7 Å². The van der Waals surface area contributed by atoms with Gasteiger partial charge in [-0.1, -0.05) is 47.1 Å². The summed E-state index contributed by atoms with van der Waals surface area (Å²) in [6.45, 7) is 0. The number of carbonyl (C=O) groups excluding carboxylic acids is 2. The molecule has 29 heavy (non-hydrogen) atoms. The van der Waals surface area contributed by atoms with Gasteiger partial charge in [-0.05, 0) is 72.3 Å². The maximum absolute atomic E-state index is 12.7. The van der Waals surface area contributed by atoms with E-state index >= 15 is 0 Å². The standard InChI is InChI=1S/C22H14Cl2N2O2S/c23-15-3-7-17(8-4-15)26-21(27)20(25-22(26)28)13-14-1-9-18(10-2-14)29-19-11-5-16(24)6-12-19/h1-13H,(H,25,28)/b20-13+. The van der Waals surface area contributed by atoms with Gasteiger partial charge in [0.05, 0.1) is 5.69 Å². The number of carbonyl (C=O) groups is 2. The Morgan fingerprint density at radius 2 is 1.28 bits per heavy atom. The Morgan fingerprint density at radius 3 is 1.86 bits per heavy atom. The first-order valence-corrected chi connectivity index (χ1v) is 10.2. The van der Waals surface area contributed by atoms with Gasteiger partial charge < -0.3 is 5.32 Å². The third-order valence-corrected chi connectivity index (χ3v) is 5.72. The van der Waals surface area contributed by atoms with E-state index in [9.17, 15) is 9.59 Å². The highest BCUT2D eigenvalue weighted by molar-refractivity contribution is 7.99. The van der Waals surface area contributed by atoms with Crippen molar-refractivity contribution >= 4 is 58.7 Å². The van der Waals surface area contributed by atoms with Gasteiger partial charge in [0.1, 0.15) is 5.70 Å². The van der Waals surface area contributed by atoms with Crippen LogP contribution in [0.25, 0.3) is 6.08 Å². The molecule has 0 bridgehead atoms. The summed E-state index contributed by atoms with van der Waals surface area (Å²) in [5.74, 6) is -0.406. The molecule has 0 aromatic heterocycles. The maximum Gasteiger partial charge on any atom is 0.333 e. The molecule has 144 valence electrons. The predicted octanol–water partition coefficient (Wildman–Crippen LogP) is 6.24. The number of nitrogens with zero attached hydrogens (tertiary/aromatic N) is 1. The van der Waals surface area contributed by atoms with Crippen molar-refractivity contribution in [1.82, 2.24) is 5.32 Å². The molecular weight excluding hydrogens is 427 g/mol. The second-order valence-corrected chi connectivity index (χ2v) is 8.25. The number of rotatable bonds is 4. The second kappa shape index (κ2) is 8.33. The van der Waals surface area contributed by atoms with Crippen LogP contribution in [0.2, 0.25) is 10.0 Å². The van der Waals surface area contributed by atoms with Crippen LogP contribution >= 0.6 is 35.0 Å². The van der Waals surface area contributed by atoms with Crippen LogP contribution in [-0.4, -0.2) is 11.9 Å². The second-order valence-electron chi connectivity index (χ2n) is 6.23. The zero-order valence-corrected chi connectivity index (χ0v) is 17.3. The van der Waals surface area contributed by atoms with Gasteiger partial charge in [0.15, 0.2) is 0 Å². The van der Waals surface area contributed by atoms with Gasteiger partial charge in [-0.3, -0.25) is 4.79 Å². The summed E-state index contributed by atoms with van der Waals surface area (Å²) in [4.78, 5) is 28.2. The van der Waals surface area contributed by atoms with E-state index in [-0.39, 0.29) is 5.70 Å². The lowest BCUT2D eigenvalue weighted by molar-refractivity contribution is -0.113. The van der Waals surface area contributed by atoms with Crippen LogP contribution in [0.15, 0.2) is 88.3 Å². The fraction of sp³-hybridized carbons (Fsp3) is 0. The van der Waals surface area contributed by atoms with E-state index in [2.05, 4.69) is 5.32 Å². The molecule has 0 saturated carbocycles. The first-order chi connectivity index (χ1) is 14.0. The Bertz CT molecular complexity index is 1100. The summed E-state index contributed by atoms with van der Waals surface area (Å²) < 4.78 is 0. The molecule has 3 aromatic carbocycles. The van der Waals surface area contributed by atoms with Crippen LogP contribution in [0, 0.1) is 0 Å². The van der Waals surface area contributed by atoms with E-state index in [0.717, 1.165) is 20.3 Å². The molecule has 1 fully saturated rings. The summed E-state index contributed by atoms with van der Waals surface area (Å²) >= 11 is 13.4. The molecule has 1 saturated heterocycles. The number of amides is 3. The summed E-state index contributed by atoms with van der Waals surface area (Å²) in [5.41, 5.74) is 1.50. The van der Waals surface area contributed by atoms with Crippen LogP contribution in [0.4, 0.5) is 10.5 Å². The van der Waals surface area contributed by atoms with Crippen molar-refractivity contribution in [3.63, 3.8) is 0 Å². The SMILES string of the molecule is O=C1N/C(=C/c2ccc(Sc3ccc(Cl)cc3)cc2)C(=O)N1c1ccc(Cl)cc1. The van der Waals surface area contributed by atoms with Crippen molar-refractivity contribution in [2.45, 2.75) is 9.79 Å². The highest BCUT2D eigenvalue weighted by Gasteiger charge is 2.34. The molecule has 3 amide bonds. The smallest absolute Gasteiger partial charge is 0.302 e. The Balaban J connectivity index is 1.50. The Hall–Kier alpha value is -2.73. The molecule has 0 aliphatic carbocycles. The summed E-state index contributed by atoms with van der Waals surface area (Å²) in [7, 11) is 0. The normalized spacial score (nSPS) is 15.1. The minimum atomic E-state index is -0.488. The lowest BCUT2D eigenvalue weighted by atomic mass is 10.2. The van der Waals surface area contributed by atoms with Crippen LogP contribution in [0.1, 0.15) is 5.56 Å². The molecule has 1 aliphatic rings. The molecule has 0 radical (unpaired) electrons. The first kappa shape index (κ1) is 19.6. The highest BCUT2D eigenvalue weighted by Crippen LogP contribution is 2.29. The number of benzene rings is 3. The molecule has 3 aromatic rings. The quantitative estimate of drug-likeness (QED) is 0.385. The van der Waals surface area contributed by atoms with Crippen LogP contribution in [-0.2, 0) is 4.79 Å². The van der Waals surface area contributed by atoms with E-state index in [1.165, 1.54) is 0 Å². The molecule has 1 N–H and O–H groups in total. The zero-order chi connectivity index (χ0) is 20.4. The van der Waals surface area contributed by atoms with Crippen LogP contribution in [0.5, 0.6) is 0 Å². The van der Waals surface area contributed by atoms with Gasteiger partial charge in [0.2, 0.25) is 0 Å². The molecule has 4 rings (SSSR count). The van der Waals surface area contributed by atoms with Crippen molar-refractivity contribution in [2.24, 2.45) is 0 Å². The van der Waals surface area contributed by atoms with Gasteiger partial charge in [0.25, 0.3) is 5.91 Å². The molecule has 0 atom stereocenters. The maximum atomic E-state index is 12.7. The van der Waals surface area contributed by atoms with E-state index in [4.69, 9.17) is 23.2 Å². The van der Waals surface area contributed by atoms with Crippen molar-refractivity contribution in [3.05, 3.63) is 94.1 Å². The van der Waals surface area contributed by atoms with Gasteiger partial charge >= 0.3 is 6.03 Å². The number of nitrogens with one attached hydrogen (secondary N) is 1. The van der Waals surface area contributed by atoms with E-state index in [1.807, 2.05) is 48.5 Å². The average Bonchev–Trinajstić information content (AvgIpc) is 2.99. The molecule has 1 heterocycles. The minimum absolute atomic E-state index is 0.225. The topological polar surface area (TPSA) is 49.4 Å². The Kier molecular flexibility index (Phi) is 5.62. The lowest BCUT2D eigenvalue weighted by Gasteiger charge is -2.11. The Labute approximate surface area is 182 Å². The molecule has 4 nitrogen and oxygen atoms in total. The fourth-order valence-electron chi connectivity index (χ4n) is 2.80. The highest BCUT2D eigenvalue weighted by atomic mass is 35.5. The number of urea groups is 1. The van der Waals surface area contributed by atoms with E-state index < -0.39 is 11.9 Å².